The number of methoxy groups -OCH3 is 1. The third-order valence-electron chi connectivity index (χ3n) is 5.53. The minimum Gasteiger partial charge on any atom is -0.379 e. The molecule has 8 heteroatoms. The highest BCUT2D eigenvalue weighted by Gasteiger charge is 2.44. The van der Waals surface area contributed by atoms with Gasteiger partial charge in [0, 0.05) is 37.3 Å². The lowest BCUT2D eigenvalue weighted by Crippen LogP contribution is -2.54. The number of halogens is 1. The molecule has 2 aliphatic heterocycles. The molecule has 0 aromatic heterocycles. The highest BCUT2D eigenvalue weighted by Crippen LogP contribution is 2.41. The van der Waals surface area contributed by atoms with Gasteiger partial charge in [-0.15, -0.1) is 0 Å². The molecule has 1 saturated heterocycles. The van der Waals surface area contributed by atoms with Crippen LogP contribution in [0.25, 0.3) is 0 Å². The SMILES string of the molecule is COC1CN(S(=O)(=O)c2cc(Br)cc3c2C(=O)N([C@@H](C)C2CC2)C3)C1. The molecule has 25 heavy (non-hydrogen) atoms. The summed E-state index contributed by atoms with van der Waals surface area (Å²) >= 11 is 3.40. The van der Waals surface area contributed by atoms with Crippen molar-refractivity contribution in [2.24, 2.45) is 5.92 Å². The predicted molar refractivity (Wildman–Crippen MR) is 95.8 cm³/mol. The van der Waals surface area contributed by atoms with Gasteiger partial charge >= 0.3 is 0 Å². The smallest absolute Gasteiger partial charge is 0.256 e. The first-order valence-electron chi connectivity index (χ1n) is 8.49. The summed E-state index contributed by atoms with van der Waals surface area (Å²) in [5, 5.41) is 0. The zero-order valence-corrected chi connectivity index (χ0v) is 16.6. The quantitative estimate of drug-likeness (QED) is 0.720. The first kappa shape index (κ1) is 17.5. The Bertz CT molecular complexity index is 831. The van der Waals surface area contributed by atoms with Gasteiger partial charge in [0.25, 0.3) is 5.91 Å². The molecular formula is C17H21BrN2O4S. The van der Waals surface area contributed by atoms with Crippen molar-refractivity contribution < 1.29 is 17.9 Å². The maximum absolute atomic E-state index is 13.0. The monoisotopic (exact) mass is 428 g/mol. The zero-order valence-electron chi connectivity index (χ0n) is 14.2. The van der Waals surface area contributed by atoms with Crippen LogP contribution in [0, 0.1) is 5.92 Å². The predicted octanol–water partition coefficient (Wildman–Crippen LogP) is 2.22. The highest BCUT2D eigenvalue weighted by atomic mass is 79.9. The third kappa shape index (κ3) is 2.83. The second-order valence-electron chi connectivity index (χ2n) is 7.13. The Labute approximate surface area is 156 Å². The van der Waals surface area contributed by atoms with Gasteiger partial charge in [0.15, 0.2) is 0 Å². The number of benzene rings is 1. The molecular weight excluding hydrogens is 408 g/mol. The lowest BCUT2D eigenvalue weighted by atomic mass is 10.1. The summed E-state index contributed by atoms with van der Waals surface area (Å²) in [6.07, 6.45) is 2.21. The van der Waals surface area contributed by atoms with Crippen LogP contribution in [0.4, 0.5) is 0 Å². The summed E-state index contributed by atoms with van der Waals surface area (Å²) in [5.74, 6) is 0.379. The highest BCUT2D eigenvalue weighted by molar-refractivity contribution is 9.10. The summed E-state index contributed by atoms with van der Waals surface area (Å²) in [7, 11) is -2.13. The van der Waals surface area contributed by atoms with Crippen LogP contribution in [0.5, 0.6) is 0 Å². The molecule has 1 aromatic carbocycles. The van der Waals surface area contributed by atoms with E-state index in [4.69, 9.17) is 4.74 Å². The van der Waals surface area contributed by atoms with Gasteiger partial charge in [0.1, 0.15) is 0 Å². The van der Waals surface area contributed by atoms with Gasteiger partial charge in [-0.1, -0.05) is 15.9 Å². The van der Waals surface area contributed by atoms with Crippen LogP contribution in [0.2, 0.25) is 0 Å². The van der Waals surface area contributed by atoms with E-state index >= 15 is 0 Å². The number of nitrogens with zero attached hydrogens (tertiary/aromatic N) is 2. The minimum atomic E-state index is -3.70. The number of hydrogen-bond acceptors (Lipinski definition) is 4. The number of hydrogen-bond donors (Lipinski definition) is 0. The van der Waals surface area contributed by atoms with E-state index in [1.165, 1.54) is 4.31 Å². The van der Waals surface area contributed by atoms with E-state index in [0.717, 1.165) is 18.4 Å². The van der Waals surface area contributed by atoms with Crippen molar-refractivity contribution in [1.82, 2.24) is 9.21 Å². The summed E-state index contributed by atoms with van der Waals surface area (Å²) < 4.78 is 33.3. The Morgan fingerprint density at radius 3 is 2.56 bits per heavy atom. The van der Waals surface area contributed by atoms with E-state index in [2.05, 4.69) is 22.9 Å². The maximum atomic E-state index is 13.0. The lowest BCUT2D eigenvalue weighted by Gasteiger charge is -2.37. The van der Waals surface area contributed by atoms with E-state index in [1.807, 2.05) is 11.0 Å². The molecule has 0 bridgehead atoms. The first-order chi connectivity index (χ1) is 11.8. The molecule has 1 aromatic rings. The van der Waals surface area contributed by atoms with E-state index in [1.54, 1.807) is 13.2 Å². The fraction of sp³-hybridized carbons (Fsp3) is 0.588. The number of carbonyl (C=O) groups is 1. The number of ether oxygens (including phenoxy) is 1. The van der Waals surface area contributed by atoms with Gasteiger partial charge in [-0.25, -0.2) is 8.42 Å². The van der Waals surface area contributed by atoms with Crippen molar-refractivity contribution in [3.63, 3.8) is 0 Å². The molecule has 2 fully saturated rings. The number of carbonyl (C=O) groups excluding carboxylic acids is 1. The average Bonchev–Trinajstić information content (AvgIpc) is 3.29. The molecule has 3 aliphatic rings. The van der Waals surface area contributed by atoms with Crippen molar-refractivity contribution in [3.05, 3.63) is 27.7 Å². The normalized spacial score (nSPS) is 22.8. The number of amides is 1. The van der Waals surface area contributed by atoms with Gasteiger partial charge in [-0.05, 0) is 43.4 Å². The summed E-state index contributed by atoms with van der Waals surface area (Å²) in [5.41, 5.74) is 1.13. The number of sulfonamides is 1. The maximum Gasteiger partial charge on any atom is 0.256 e. The molecule has 4 rings (SSSR count). The van der Waals surface area contributed by atoms with Crippen molar-refractivity contribution in [2.45, 2.75) is 43.4 Å². The zero-order chi connectivity index (χ0) is 17.9. The van der Waals surface area contributed by atoms with Gasteiger partial charge in [-0.2, -0.15) is 4.31 Å². The van der Waals surface area contributed by atoms with Crippen molar-refractivity contribution >= 4 is 31.9 Å². The Kier molecular flexibility index (Phi) is 4.22. The Morgan fingerprint density at radius 2 is 1.96 bits per heavy atom. The van der Waals surface area contributed by atoms with Crippen LogP contribution < -0.4 is 0 Å². The molecule has 0 spiro atoms. The van der Waals surface area contributed by atoms with E-state index in [9.17, 15) is 13.2 Å². The van der Waals surface area contributed by atoms with Gasteiger partial charge in [-0.3, -0.25) is 4.79 Å². The fourth-order valence-corrected chi connectivity index (χ4v) is 6.07. The van der Waals surface area contributed by atoms with Crippen LogP contribution in [-0.4, -0.2) is 55.9 Å². The Balaban J connectivity index is 1.71. The van der Waals surface area contributed by atoms with Crippen LogP contribution in [0.1, 0.15) is 35.7 Å². The topological polar surface area (TPSA) is 66.9 Å². The van der Waals surface area contributed by atoms with E-state index in [-0.39, 0.29) is 22.9 Å². The van der Waals surface area contributed by atoms with Crippen LogP contribution in [0.3, 0.4) is 0 Å². The molecule has 1 aliphatic carbocycles. The van der Waals surface area contributed by atoms with Crippen molar-refractivity contribution in [2.75, 3.05) is 20.2 Å². The molecule has 0 N–H and O–H groups in total. The second-order valence-corrected chi connectivity index (χ2v) is 9.95. The van der Waals surface area contributed by atoms with Gasteiger partial charge in [0.05, 0.1) is 16.6 Å². The largest absolute Gasteiger partial charge is 0.379 e. The molecule has 1 amide bonds. The Hall–Kier alpha value is -0.960. The Morgan fingerprint density at radius 1 is 1.28 bits per heavy atom. The first-order valence-corrected chi connectivity index (χ1v) is 10.7. The summed E-state index contributed by atoms with van der Waals surface area (Å²) in [6, 6.07) is 3.56. The van der Waals surface area contributed by atoms with Crippen molar-refractivity contribution in [1.29, 1.82) is 0 Å². The molecule has 1 atom stereocenters. The standard InChI is InChI=1S/C17H21BrN2O4S/c1-10(11-3-4-11)20-7-12-5-13(18)6-15(16(12)17(20)21)25(22,23)19-8-14(9-19)24-2/h5-6,10-11,14H,3-4,7-9H2,1-2H3/t10-/m0/s1. The molecule has 0 unspecified atom stereocenters. The van der Waals surface area contributed by atoms with Crippen LogP contribution in [-0.2, 0) is 21.3 Å². The number of rotatable bonds is 5. The average molecular weight is 429 g/mol. The van der Waals surface area contributed by atoms with E-state index in [0.29, 0.717) is 35.6 Å². The van der Waals surface area contributed by atoms with E-state index < -0.39 is 10.0 Å². The number of fused-ring (bicyclic) bond motifs is 1. The molecule has 2 heterocycles. The fourth-order valence-electron chi connectivity index (χ4n) is 3.65. The van der Waals surface area contributed by atoms with Gasteiger partial charge in [0.2, 0.25) is 10.0 Å². The molecule has 0 radical (unpaired) electrons. The summed E-state index contributed by atoms with van der Waals surface area (Å²) in [6.45, 7) is 3.20. The molecule has 1 saturated carbocycles. The minimum absolute atomic E-state index is 0.0722. The molecule has 136 valence electrons. The summed E-state index contributed by atoms with van der Waals surface area (Å²) in [4.78, 5) is 14.9. The second kappa shape index (κ2) is 6.04. The van der Waals surface area contributed by atoms with Crippen LogP contribution in [0.15, 0.2) is 21.5 Å². The van der Waals surface area contributed by atoms with Crippen molar-refractivity contribution in [3.8, 4) is 0 Å². The van der Waals surface area contributed by atoms with Crippen LogP contribution >= 0.6 is 15.9 Å². The lowest BCUT2D eigenvalue weighted by molar-refractivity contribution is 0.0125. The van der Waals surface area contributed by atoms with Gasteiger partial charge < -0.3 is 9.64 Å². The molecule has 6 nitrogen and oxygen atoms in total. The third-order valence-corrected chi connectivity index (χ3v) is 7.84.